The van der Waals surface area contributed by atoms with Crippen LogP contribution in [0, 0.1) is 12.8 Å². The third kappa shape index (κ3) is 3.18. The van der Waals surface area contributed by atoms with Gasteiger partial charge in [0.15, 0.2) is 6.20 Å². The topological polar surface area (TPSA) is 21.7 Å². The maximum absolute atomic E-state index is 8.98. The van der Waals surface area contributed by atoms with Crippen molar-refractivity contribution in [3.63, 3.8) is 0 Å². The summed E-state index contributed by atoms with van der Waals surface area (Å²) in [6, 6.07) is 17.0. The lowest BCUT2D eigenvalue weighted by Gasteiger charge is -2.21. The molecule has 1 saturated carbocycles. The van der Waals surface area contributed by atoms with E-state index in [1.165, 1.54) is 23.2 Å². The summed E-state index contributed by atoms with van der Waals surface area (Å²) in [5, 5.41) is 0. The van der Waals surface area contributed by atoms with E-state index in [0.29, 0.717) is 0 Å². The number of hydrogen-bond acceptors (Lipinski definition) is 1. The number of pyridine rings is 1. The Balaban J connectivity index is 1.47. The van der Waals surface area contributed by atoms with Crippen LogP contribution in [0.5, 0.6) is 0 Å². The molecule has 1 fully saturated rings. The minimum Gasteiger partial charge on any atom is -0.296 e. The number of fused-ring (bicyclic) bond motifs is 5. The molecule has 1 aliphatic carbocycles. The Morgan fingerprint density at radius 1 is 1.10 bits per heavy atom. The quantitative estimate of drug-likeness (QED) is 0.342. The highest BCUT2D eigenvalue weighted by atomic mass is 15.1. The molecular weight excluding hydrogens is 378 g/mol. The van der Waals surface area contributed by atoms with E-state index in [1.54, 1.807) is 0 Å². The van der Waals surface area contributed by atoms with Crippen LogP contribution in [0.15, 0.2) is 54.7 Å². The molecule has 0 unspecified atom stereocenters. The molecule has 156 valence electrons. The monoisotopic (exact) mass is 410 g/mol. The van der Waals surface area contributed by atoms with Gasteiger partial charge in [-0.05, 0) is 54.1 Å². The van der Waals surface area contributed by atoms with Crippen LogP contribution in [-0.4, -0.2) is 9.55 Å². The first-order valence-corrected chi connectivity index (χ1v) is 11.5. The second kappa shape index (κ2) is 7.33. The average Bonchev–Trinajstić information content (AvgIpc) is 3.35. The molecule has 1 aliphatic heterocycles. The van der Waals surface area contributed by atoms with E-state index in [-0.39, 0.29) is 5.92 Å². The van der Waals surface area contributed by atoms with E-state index in [2.05, 4.69) is 59.5 Å². The molecule has 6 rings (SSSR count). The van der Waals surface area contributed by atoms with Crippen molar-refractivity contribution in [2.75, 3.05) is 0 Å². The van der Waals surface area contributed by atoms with Crippen LogP contribution >= 0.6 is 0 Å². The van der Waals surface area contributed by atoms with Crippen molar-refractivity contribution in [2.45, 2.75) is 51.8 Å². The lowest BCUT2D eigenvalue weighted by molar-refractivity contribution is -0.660. The van der Waals surface area contributed by atoms with Crippen molar-refractivity contribution in [1.82, 2.24) is 9.55 Å². The van der Waals surface area contributed by atoms with Gasteiger partial charge >= 0.3 is 0 Å². The predicted molar refractivity (Wildman–Crippen MR) is 126 cm³/mol. The van der Waals surface area contributed by atoms with Crippen molar-refractivity contribution >= 4 is 11.0 Å². The zero-order valence-electron chi connectivity index (χ0n) is 20.4. The second-order valence-corrected chi connectivity index (χ2v) is 9.22. The smallest absolute Gasteiger partial charge is 0.212 e. The molecule has 2 aromatic heterocycles. The first-order chi connectivity index (χ1) is 15.9. The standard InChI is InChI=1S/C28H30N3/c1-19-14-22-17-28-29-24-10-6-7-11-25(24)31(28)26(22)18-23(19)27-16-21(12-13-30(27)2)15-20-8-4-3-5-9-20/h6-7,10-14,16,18,20H,3-5,8-9,15,17H2,1-2H3/q+1/i15D2. The van der Waals surface area contributed by atoms with E-state index in [0.717, 1.165) is 65.8 Å². The fraction of sp³-hybridized carbons (Fsp3) is 0.357. The zero-order chi connectivity index (χ0) is 22.7. The van der Waals surface area contributed by atoms with Crippen molar-refractivity contribution in [1.29, 1.82) is 0 Å². The van der Waals surface area contributed by atoms with Crippen LogP contribution in [-0.2, 0) is 19.8 Å². The Hall–Kier alpha value is -2.94. The molecule has 0 N–H and O–H groups in total. The summed E-state index contributed by atoms with van der Waals surface area (Å²) in [5.41, 5.74) is 8.92. The highest BCUT2D eigenvalue weighted by Crippen LogP contribution is 2.36. The van der Waals surface area contributed by atoms with Gasteiger partial charge < -0.3 is 0 Å². The molecule has 3 heteroatoms. The zero-order valence-corrected chi connectivity index (χ0v) is 18.4. The van der Waals surface area contributed by atoms with Gasteiger partial charge in [0, 0.05) is 21.3 Å². The summed E-state index contributed by atoms with van der Waals surface area (Å²) in [6.45, 7) is 2.16. The van der Waals surface area contributed by atoms with E-state index in [9.17, 15) is 0 Å². The summed E-state index contributed by atoms with van der Waals surface area (Å²) < 4.78 is 22.4. The number of para-hydroxylation sites is 2. The molecular formula is C28H30N3+. The molecule has 0 amide bonds. The summed E-state index contributed by atoms with van der Waals surface area (Å²) in [6.07, 6.45) is 7.06. The van der Waals surface area contributed by atoms with Gasteiger partial charge in [0.05, 0.1) is 22.3 Å². The summed E-state index contributed by atoms with van der Waals surface area (Å²) in [7, 11) is 2.06. The van der Waals surface area contributed by atoms with Gasteiger partial charge in [0.2, 0.25) is 5.69 Å². The fourth-order valence-electron chi connectivity index (χ4n) is 5.43. The maximum Gasteiger partial charge on any atom is 0.212 e. The average molecular weight is 411 g/mol. The highest BCUT2D eigenvalue weighted by Gasteiger charge is 2.26. The summed E-state index contributed by atoms with van der Waals surface area (Å²) in [4.78, 5) is 4.86. The van der Waals surface area contributed by atoms with Crippen molar-refractivity contribution in [2.24, 2.45) is 13.0 Å². The number of aromatic nitrogens is 3. The Kier molecular flexibility index (Phi) is 3.95. The molecule has 0 saturated heterocycles. The summed E-state index contributed by atoms with van der Waals surface area (Å²) in [5.74, 6) is 1.20. The van der Waals surface area contributed by atoms with Crippen LogP contribution in [0.4, 0.5) is 0 Å². The SMILES string of the molecule is [2H]C([2H])(c1cc[n+](C)c(-c2cc3c(cc2C)Cc2nc4ccccc4n2-3)c1)C1CCCCC1. The molecule has 0 radical (unpaired) electrons. The van der Waals surface area contributed by atoms with Gasteiger partial charge in [-0.2, -0.15) is 0 Å². The van der Waals surface area contributed by atoms with Crippen LogP contribution in [0.2, 0.25) is 0 Å². The van der Waals surface area contributed by atoms with Crippen LogP contribution < -0.4 is 4.57 Å². The molecule has 3 heterocycles. The Morgan fingerprint density at radius 3 is 2.81 bits per heavy atom. The normalized spacial score (nSPS) is 17.4. The largest absolute Gasteiger partial charge is 0.296 e. The van der Waals surface area contributed by atoms with Crippen molar-refractivity contribution < 1.29 is 7.31 Å². The Bertz CT molecular complexity index is 1380. The first kappa shape index (κ1) is 16.7. The van der Waals surface area contributed by atoms with E-state index < -0.39 is 6.37 Å². The van der Waals surface area contributed by atoms with Gasteiger partial charge in [0.1, 0.15) is 12.9 Å². The molecule has 2 aliphatic rings. The van der Waals surface area contributed by atoms with Crippen molar-refractivity contribution in [3.8, 4) is 16.9 Å². The fourth-order valence-corrected chi connectivity index (χ4v) is 5.43. The first-order valence-electron chi connectivity index (χ1n) is 12.5. The minimum absolute atomic E-state index is 0.104. The second-order valence-electron chi connectivity index (χ2n) is 9.22. The van der Waals surface area contributed by atoms with E-state index in [4.69, 9.17) is 7.73 Å². The molecule has 2 aromatic carbocycles. The number of aryl methyl sites for hydroxylation is 2. The van der Waals surface area contributed by atoms with Crippen molar-refractivity contribution in [3.05, 3.63) is 77.2 Å². The lowest BCUT2D eigenvalue weighted by Crippen LogP contribution is -2.31. The van der Waals surface area contributed by atoms with Gasteiger partial charge in [0.25, 0.3) is 0 Å². The van der Waals surface area contributed by atoms with E-state index >= 15 is 0 Å². The number of nitrogens with zero attached hydrogens (tertiary/aromatic N) is 3. The molecule has 0 spiro atoms. The maximum atomic E-state index is 8.98. The highest BCUT2D eigenvalue weighted by molar-refractivity contribution is 5.81. The number of imidazole rings is 1. The molecule has 0 atom stereocenters. The van der Waals surface area contributed by atoms with Gasteiger partial charge in [-0.3, -0.25) is 4.57 Å². The van der Waals surface area contributed by atoms with Crippen LogP contribution in [0.1, 0.15) is 57.4 Å². The Morgan fingerprint density at radius 2 is 1.94 bits per heavy atom. The number of benzene rings is 2. The lowest BCUT2D eigenvalue weighted by atomic mass is 9.85. The van der Waals surface area contributed by atoms with Crippen LogP contribution in [0.3, 0.4) is 0 Å². The van der Waals surface area contributed by atoms with E-state index in [1.807, 2.05) is 18.3 Å². The predicted octanol–water partition coefficient (Wildman–Crippen LogP) is 5.85. The number of hydrogen-bond donors (Lipinski definition) is 0. The third-order valence-electron chi connectivity index (χ3n) is 7.05. The minimum atomic E-state index is -1.30. The molecule has 31 heavy (non-hydrogen) atoms. The number of rotatable bonds is 3. The molecule has 4 aromatic rings. The summed E-state index contributed by atoms with van der Waals surface area (Å²) >= 11 is 0. The molecule has 3 nitrogen and oxygen atoms in total. The molecule has 0 bridgehead atoms. The third-order valence-corrected chi connectivity index (χ3v) is 7.05. The van der Waals surface area contributed by atoms with Crippen LogP contribution in [0.25, 0.3) is 28.0 Å². The van der Waals surface area contributed by atoms with Gasteiger partial charge in [-0.25, -0.2) is 9.55 Å². The Labute approximate surface area is 187 Å². The van der Waals surface area contributed by atoms with Gasteiger partial charge in [-0.15, -0.1) is 0 Å². The van der Waals surface area contributed by atoms with Gasteiger partial charge in [-0.1, -0.05) is 50.3 Å².